The molecule has 0 amide bonds. The SMILES string of the molecule is Cc1c(C)c(C)c(-c2cn3c(P(P)P)c(PP)c(P)nc3n2)c(C)c1C. The first-order valence-corrected chi connectivity index (χ1v) is 16.2. The molecule has 0 radical (unpaired) electrons. The molecule has 0 aliphatic rings. The van der Waals surface area contributed by atoms with E-state index < -0.39 is 7.30 Å². The van der Waals surface area contributed by atoms with E-state index in [0.29, 0.717) is 8.27 Å². The van der Waals surface area contributed by atoms with E-state index in [0.717, 1.165) is 16.9 Å². The summed E-state index contributed by atoms with van der Waals surface area (Å²) in [5.74, 6) is 0.777. The molecule has 5 unspecified atom stereocenters. The molecule has 2 aromatic heterocycles. The monoisotopic (exact) mass is 457 g/mol. The maximum absolute atomic E-state index is 4.92. The number of aromatic nitrogens is 3. The van der Waals surface area contributed by atoms with Crippen molar-refractivity contribution in [1.82, 2.24) is 14.4 Å². The summed E-state index contributed by atoms with van der Waals surface area (Å²) in [5, 5.41) is 1.29. The lowest BCUT2D eigenvalue weighted by Gasteiger charge is -2.17. The molecule has 3 aromatic rings. The molecule has 0 aliphatic heterocycles. The summed E-state index contributed by atoms with van der Waals surface area (Å²) in [4.78, 5) is 9.68. The quantitative estimate of drug-likeness (QED) is 0.552. The normalized spacial score (nSPS) is 12.2. The van der Waals surface area contributed by atoms with Crippen LogP contribution in [-0.4, -0.2) is 14.4 Å². The molecular weight excluding hydrogens is 432 g/mol. The first kappa shape index (κ1) is 21.1. The van der Waals surface area contributed by atoms with Gasteiger partial charge in [-0.3, -0.25) is 4.40 Å². The molecule has 9 heteroatoms. The predicted octanol–water partition coefficient (Wildman–Crippen LogP) is 4.22. The number of imidazole rings is 1. The predicted molar refractivity (Wildman–Crippen MR) is 135 cm³/mol. The van der Waals surface area contributed by atoms with Crippen molar-refractivity contribution in [2.75, 3.05) is 0 Å². The van der Waals surface area contributed by atoms with E-state index in [9.17, 15) is 0 Å². The molecule has 0 aliphatic carbocycles. The Labute approximate surface area is 167 Å². The standard InChI is InChI=1S/C17H25N3P6/c1-7-8(2)10(4)13(11(5)9(7)3)12-6-20-16(26(23)24)14(25-22)15(21)19-17(20)18-12/h6,25H,21-24H2,1-5H3. The van der Waals surface area contributed by atoms with Crippen LogP contribution in [0.4, 0.5) is 0 Å². The average molecular weight is 457 g/mol. The summed E-state index contributed by atoms with van der Waals surface area (Å²) in [6.07, 6.45) is 2.17. The van der Waals surface area contributed by atoms with Gasteiger partial charge in [-0.2, -0.15) is 0 Å². The molecular formula is C17H25N3P6. The van der Waals surface area contributed by atoms with Crippen LogP contribution in [0, 0.1) is 34.6 Å². The van der Waals surface area contributed by atoms with E-state index in [1.54, 1.807) is 0 Å². The van der Waals surface area contributed by atoms with Crippen molar-refractivity contribution in [3.05, 3.63) is 34.0 Å². The van der Waals surface area contributed by atoms with Gasteiger partial charge in [-0.1, -0.05) is 17.5 Å². The number of hydrogen-bond acceptors (Lipinski definition) is 2. The van der Waals surface area contributed by atoms with Crippen molar-refractivity contribution >= 4 is 73.5 Å². The van der Waals surface area contributed by atoms with Crippen molar-refractivity contribution in [2.45, 2.75) is 34.6 Å². The van der Waals surface area contributed by atoms with E-state index in [4.69, 9.17) is 9.97 Å². The second kappa shape index (κ2) is 8.04. The van der Waals surface area contributed by atoms with Crippen LogP contribution in [-0.2, 0) is 0 Å². The molecule has 0 saturated carbocycles. The zero-order chi connectivity index (χ0) is 19.3. The number of fused-ring (bicyclic) bond motifs is 1. The molecule has 0 N–H and O–H groups in total. The molecule has 2 heterocycles. The first-order valence-electron chi connectivity index (χ1n) is 8.21. The maximum Gasteiger partial charge on any atom is 0.235 e. The molecule has 1 aromatic carbocycles. The Morgan fingerprint density at radius 2 is 1.46 bits per heavy atom. The van der Waals surface area contributed by atoms with Crippen LogP contribution in [0.1, 0.15) is 27.8 Å². The fourth-order valence-electron chi connectivity index (χ4n) is 3.40. The van der Waals surface area contributed by atoms with Crippen LogP contribution in [0.2, 0.25) is 0 Å². The van der Waals surface area contributed by atoms with Crippen molar-refractivity contribution in [2.24, 2.45) is 0 Å². The zero-order valence-corrected chi connectivity index (χ0v) is 22.2. The molecule has 3 rings (SSSR count). The lowest BCUT2D eigenvalue weighted by atomic mass is 9.88. The second-order valence-electron chi connectivity index (χ2n) is 6.54. The van der Waals surface area contributed by atoms with E-state index in [1.807, 2.05) is 0 Å². The molecule has 0 spiro atoms. The highest BCUT2D eigenvalue weighted by molar-refractivity contribution is 8.46. The lowest BCUT2D eigenvalue weighted by molar-refractivity contribution is 1.17. The highest BCUT2D eigenvalue weighted by atomic mass is 32.4. The summed E-state index contributed by atoms with van der Waals surface area (Å²) >= 11 is 0. The number of benzene rings is 1. The van der Waals surface area contributed by atoms with Gasteiger partial charge in [0.25, 0.3) is 0 Å². The zero-order valence-electron chi connectivity index (χ0n) is 15.7. The van der Waals surface area contributed by atoms with Gasteiger partial charge in [0.2, 0.25) is 5.78 Å². The highest BCUT2D eigenvalue weighted by Gasteiger charge is 2.20. The largest absolute Gasteiger partial charge is 0.282 e. The molecule has 138 valence electrons. The van der Waals surface area contributed by atoms with Gasteiger partial charge in [0.1, 0.15) is 0 Å². The Bertz CT molecular complexity index is 996. The maximum atomic E-state index is 4.92. The Hall–Kier alpha value is 0.420. The van der Waals surface area contributed by atoms with Crippen molar-refractivity contribution < 1.29 is 0 Å². The second-order valence-corrected chi connectivity index (χ2v) is 15.1. The minimum absolute atomic E-state index is 0.430. The minimum Gasteiger partial charge on any atom is -0.282 e. The Kier molecular flexibility index (Phi) is 6.54. The van der Waals surface area contributed by atoms with E-state index >= 15 is 0 Å². The number of hydrogen-bond donors (Lipinski definition) is 0. The van der Waals surface area contributed by atoms with Gasteiger partial charge in [0, 0.05) is 17.1 Å². The molecule has 3 nitrogen and oxygen atoms in total. The van der Waals surface area contributed by atoms with E-state index in [2.05, 4.69) is 81.2 Å². The van der Waals surface area contributed by atoms with Gasteiger partial charge >= 0.3 is 0 Å². The smallest absolute Gasteiger partial charge is 0.235 e. The van der Waals surface area contributed by atoms with Gasteiger partial charge in [-0.25, -0.2) is 9.97 Å². The Morgan fingerprint density at radius 3 is 1.96 bits per heavy atom. The van der Waals surface area contributed by atoms with Crippen LogP contribution in [0.25, 0.3) is 17.0 Å². The summed E-state index contributed by atoms with van der Waals surface area (Å²) in [5.41, 5.74) is 11.3. The van der Waals surface area contributed by atoms with Crippen LogP contribution < -0.4 is 16.2 Å². The molecule has 5 atom stereocenters. The Morgan fingerprint density at radius 1 is 0.923 bits per heavy atom. The summed E-state index contributed by atoms with van der Waals surface area (Å²) in [6, 6.07) is 0. The van der Waals surface area contributed by atoms with Crippen molar-refractivity contribution in [3.63, 3.8) is 0 Å². The van der Waals surface area contributed by atoms with Crippen LogP contribution in [0.5, 0.6) is 0 Å². The third-order valence-corrected chi connectivity index (χ3v) is 10.2. The van der Waals surface area contributed by atoms with Crippen molar-refractivity contribution in [3.8, 4) is 11.3 Å². The first-order chi connectivity index (χ1) is 12.2. The number of nitrogens with zero attached hydrogens (tertiary/aromatic N) is 3. The van der Waals surface area contributed by atoms with Gasteiger partial charge in [-0.15, -0.1) is 26.8 Å². The fraction of sp³-hybridized carbons (Fsp3) is 0.294. The highest BCUT2D eigenvalue weighted by Crippen LogP contribution is 2.51. The third kappa shape index (κ3) is 3.44. The minimum atomic E-state index is -0.430. The number of rotatable bonds is 3. The summed E-state index contributed by atoms with van der Waals surface area (Å²) < 4.78 is 2.18. The fourth-order valence-corrected chi connectivity index (χ4v) is 9.84. The van der Waals surface area contributed by atoms with Gasteiger partial charge in [-0.05, 0) is 69.7 Å². The van der Waals surface area contributed by atoms with Gasteiger partial charge < -0.3 is 0 Å². The van der Waals surface area contributed by atoms with Crippen LogP contribution >= 0.6 is 51.6 Å². The molecule has 0 saturated heterocycles. The average Bonchev–Trinajstić information content (AvgIpc) is 2.99. The lowest BCUT2D eigenvalue weighted by Crippen LogP contribution is -2.34. The van der Waals surface area contributed by atoms with Crippen LogP contribution in [0.3, 0.4) is 0 Å². The summed E-state index contributed by atoms with van der Waals surface area (Å²) in [7, 11) is 11.7. The van der Waals surface area contributed by atoms with E-state index in [1.165, 1.54) is 44.1 Å². The molecule has 0 fully saturated rings. The van der Waals surface area contributed by atoms with E-state index in [-0.39, 0.29) is 0 Å². The molecule has 0 bridgehead atoms. The topological polar surface area (TPSA) is 30.2 Å². The third-order valence-electron chi connectivity index (χ3n) is 5.26. The van der Waals surface area contributed by atoms with Gasteiger partial charge in [0.05, 0.1) is 16.6 Å². The van der Waals surface area contributed by atoms with Gasteiger partial charge in [0.15, 0.2) is 0 Å². The molecule has 26 heavy (non-hydrogen) atoms. The summed E-state index contributed by atoms with van der Waals surface area (Å²) in [6.45, 7) is 11.0. The Balaban J connectivity index is 2.38. The van der Waals surface area contributed by atoms with Crippen LogP contribution in [0.15, 0.2) is 6.20 Å². The van der Waals surface area contributed by atoms with Crippen molar-refractivity contribution in [1.29, 1.82) is 0 Å².